The van der Waals surface area contributed by atoms with Crippen LogP contribution < -0.4 is 5.32 Å². The Balaban J connectivity index is 2.59. The van der Waals surface area contributed by atoms with Crippen molar-refractivity contribution in [2.45, 2.75) is 20.8 Å². The molecular weight excluding hydrogens is 230 g/mol. The van der Waals surface area contributed by atoms with Gasteiger partial charge in [0, 0.05) is 30.9 Å². The lowest BCUT2D eigenvalue weighted by Crippen LogP contribution is -2.28. The molecule has 0 saturated carbocycles. The molecule has 1 rings (SSSR count). The van der Waals surface area contributed by atoms with E-state index in [9.17, 15) is 10.1 Å². The molecular formula is C13H21N3O2. The van der Waals surface area contributed by atoms with E-state index in [4.69, 9.17) is 0 Å². The molecule has 1 aromatic carbocycles. The third-order valence-electron chi connectivity index (χ3n) is 2.92. The van der Waals surface area contributed by atoms with Crippen LogP contribution in [0.15, 0.2) is 18.2 Å². The van der Waals surface area contributed by atoms with E-state index in [0.29, 0.717) is 0 Å². The van der Waals surface area contributed by atoms with Crippen LogP contribution >= 0.6 is 0 Å². The summed E-state index contributed by atoms with van der Waals surface area (Å²) in [6.45, 7) is 9.89. The predicted octanol–water partition coefficient (Wildman–Crippen LogP) is 2.66. The highest BCUT2D eigenvalue weighted by Gasteiger charge is 2.07. The number of hydrogen-bond donors (Lipinski definition) is 1. The van der Waals surface area contributed by atoms with Crippen molar-refractivity contribution < 1.29 is 4.92 Å². The van der Waals surface area contributed by atoms with Gasteiger partial charge < -0.3 is 10.2 Å². The van der Waals surface area contributed by atoms with Gasteiger partial charge in [-0.1, -0.05) is 13.8 Å². The van der Waals surface area contributed by atoms with Gasteiger partial charge in [0.2, 0.25) is 0 Å². The lowest BCUT2D eigenvalue weighted by atomic mass is 10.2. The number of aryl methyl sites for hydroxylation is 1. The molecule has 0 amide bonds. The minimum Gasteiger partial charge on any atom is -0.384 e. The van der Waals surface area contributed by atoms with Crippen LogP contribution in [0.25, 0.3) is 0 Å². The van der Waals surface area contributed by atoms with Gasteiger partial charge in [-0.2, -0.15) is 0 Å². The molecule has 0 aliphatic carbocycles. The zero-order valence-corrected chi connectivity index (χ0v) is 11.3. The van der Waals surface area contributed by atoms with Crippen LogP contribution in [0.2, 0.25) is 0 Å². The highest BCUT2D eigenvalue weighted by atomic mass is 16.6. The van der Waals surface area contributed by atoms with Gasteiger partial charge in [-0.05, 0) is 31.6 Å². The molecule has 0 spiro atoms. The standard InChI is InChI=1S/C13H21N3O2/c1-4-15(5-2)7-6-14-12-8-11(3)9-13(10-12)16(17)18/h8-10,14H,4-7H2,1-3H3. The highest BCUT2D eigenvalue weighted by molar-refractivity contribution is 5.53. The molecule has 5 heteroatoms. The zero-order chi connectivity index (χ0) is 13.5. The van der Waals surface area contributed by atoms with Crippen molar-refractivity contribution >= 4 is 11.4 Å². The second-order valence-corrected chi connectivity index (χ2v) is 4.27. The number of nitrogens with one attached hydrogen (secondary N) is 1. The molecule has 0 heterocycles. The maximum absolute atomic E-state index is 10.7. The molecule has 0 unspecified atom stereocenters. The van der Waals surface area contributed by atoms with Gasteiger partial charge in [0.05, 0.1) is 4.92 Å². The summed E-state index contributed by atoms with van der Waals surface area (Å²) in [5.74, 6) is 0. The summed E-state index contributed by atoms with van der Waals surface area (Å²) in [6.07, 6.45) is 0. The normalized spacial score (nSPS) is 10.7. The first-order chi connectivity index (χ1) is 8.56. The first kappa shape index (κ1) is 14.4. The Labute approximate surface area is 108 Å². The average molecular weight is 251 g/mol. The van der Waals surface area contributed by atoms with E-state index in [1.54, 1.807) is 12.1 Å². The van der Waals surface area contributed by atoms with Crippen LogP contribution in [0.1, 0.15) is 19.4 Å². The molecule has 0 saturated heterocycles. The third-order valence-corrected chi connectivity index (χ3v) is 2.92. The van der Waals surface area contributed by atoms with E-state index in [1.165, 1.54) is 0 Å². The third kappa shape index (κ3) is 4.33. The molecule has 1 aromatic rings. The SMILES string of the molecule is CCN(CC)CCNc1cc(C)cc([N+](=O)[O-])c1. The van der Waals surface area contributed by atoms with Gasteiger partial charge in [-0.3, -0.25) is 10.1 Å². The summed E-state index contributed by atoms with van der Waals surface area (Å²) in [7, 11) is 0. The number of nitrogens with zero attached hydrogens (tertiary/aromatic N) is 2. The molecule has 0 bridgehead atoms. The first-order valence-corrected chi connectivity index (χ1v) is 6.29. The first-order valence-electron chi connectivity index (χ1n) is 6.29. The maximum atomic E-state index is 10.7. The fourth-order valence-corrected chi connectivity index (χ4v) is 1.87. The minimum absolute atomic E-state index is 0.139. The number of nitro groups is 1. The molecule has 5 nitrogen and oxygen atoms in total. The van der Waals surface area contributed by atoms with E-state index in [2.05, 4.69) is 24.1 Å². The van der Waals surface area contributed by atoms with Crippen molar-refractivity contribution in [2.75, 3.05) is 31.5 Å². The number of likely N-dealkylation sites (N-methyl/N-ethyl adjacent to an activating group) is 1. The summed E-state index contributed by atoms with van der Waals surface area (Å²) in [6, 6.07) is 5.08. The average Bonchev–Trinajstić information content (AvgIpc) is 2.34. The Hall–Kier alpha value is -1.62. The van der Waals surface area contributed by atoms with Crippen LogP contribution in [0.5, 0.6) is 0 Å². The monoisotopic (exact) mass is 251 g/mol. The quantitative estimate of drug-likeness (QED) is 0.598. The number of non-ortho nitro benzene ring substituents is 1. The van der Waals surface area contributed by atoms with E-state index in [1.807, 2.05) is 13.0 Å². The van der Waals surface area contributed by atoms with Gasteiger partial charge in [-0.15, -0.1) is 0 Å². The minimum atomic E-state index is -0.359. The number of hydrogen-bond acceptors (Lipinski definition) is 4. The fraction of sp³-hybridized carbons (Fsp3) is 0.538. The summed E-state index contributed by atoms with van der Waals surface area (Å²) < 4.78 is 0. The number of rotatable bonds is 7. The van der Waals surface area contributed by atoms with E-state index in [0.717, 1.165) is 37.4 Å². The predicted molar refractivity (Wildman–Crippen MR) is 74.1 cm³/mol. The largest absolute Gasteiger partial charge is 0.384 e. The zero-order valence-electron chi connectivity index (χ0n) is 11.3. The maximum Gasteiger partial charge on any atom is 0.271 e. The van der Waals surface area contributed by atoms with Crippen molar-refractivity contribution in [2.24, 2.45) is 0 Å². The Morgan fingerprint density at radius 2 is 1.94 bits per heavy atom. The summed E-state index contributed by atoms with van der Waals surface area (Å²) >= 11 is 0. The topological polar surface area (TPSA) is 58.4 Å². The van der Waals surface area contributed by atoms with Crippen molar-refractivity contribution in [3.8, 4) is 0 Å². The summed E-state index contributed by atoms with van der Waals surface area (Å²) in [5.41, 5.74) is 1.85. The molecule has 0 aliphatic rings. The lowest BCUT2D eigenvalue weighted by molar-refractivity contribution is -0.384. The van der Waals surface area contributed by atoms with Crippen LogP contribution in [0.4, 0.5) is 11.4 Å². The van der Waals surface area contributed by atoms with Crippen molar-refractivity contribution in [3.63, 3.8) is 0 Å². The Bertz CT molecular complexity index is 403. The molecule has 0 radical (unpaired) electrons. The van der Waals surface area contributed by atoms with Crippen LogP contribution in [0, 0.1) is 17.0 Å². The molecule has 100 valence electrons. The van der Waals surface area contributed by atoms with Gasteiger partial charge >= 0.3 is 0 Å². The second kappa shape index (κ2) is 6.96. The summed E-state index contributed by atoms with van der Waals surface area (Å²) in [5, 5.41) is 14.0. The molecule has 0 aromatic heterocycles. The van der Waals surface area contributed by atoms with Crippen LogP contribution in [0.3, 0.4) is 0 Å². The highest BCUT2D eigenvalue weighted by Crippen LogP contribution is 2.20. The molecule has 18 heavy (non-hydrogen) atoms. The van der Waals surface area contributed by atoms with Gasteiger partial charge in [0.15, 0.2) is 0 Å². The Morgan fingerprint density at radius 1 is 1.28 bits per heavy atom. The van der Waals surface area contributed by atoms with Gasteiger partial charge in [-0.25, -0.2) is 0 Å². The number of anilines is 1. The number of benzene rings is 1. The Morgan fingerprint density at radius 3 is 2.50 bits per heavy atom. The lowest BCUT2D eigenvalue weighted by Gasteiger charge is -2.18. The molecule has 0 atom stereocenters. The molecule has 0 aliphatic heterocycles. The fourth-order valence-electron chi connectivity index (χ4n) is 1.87. The van der Waals surface area contributed by atoms with Crippen molar-refractivity contribution in [3.05, 3.63) is 33.9 Å². The van der Waals surface area contributed by atoms with Crippen molar-refractivity contribution in [1.29, 1.82) is 0 Å². The molecule has 1 N–H and O–H groups in total. The van der Waals surface area contributed by atoms with Crippen molar-refractivity contribution in [1.82, 2.24) is 4.90 Å². The second-order valence-electron chi connectivity index (χ2n) is 4.27. The van der Waals surface area contributed by atoms with Crippen LogP contribution in [-0.2, 0) is 0 Å². The van der Waals surface area contributed by atoms with Gasteiger partial charge in [0.1, 0.15) is 0 Å². The summed E-state index contributed by atoms with van der Waals surface area (Å²) in [4.78, 5) is 12.7. The van der Waals surface area contributed by atoms with E-state index in [-0.39, 0.29) is 10.6 Å². The van der Waals surface area contributed by atoms with Crippen LogP contribution in [-0.4, -0.2) is 36.0 Å². The molecule has 0 fully saturated rings. The van der Waals surface area contributed by atoms with Gasteiger partial charge in [0.25, 0.3) is 5.69 Å². The van der Waals surface area contributed by atoms with E-state index >= 15 is 0 Å². The Kier molecular flexibility index (Phi) is 5.58. The smallest absolute Gasteiger partial charge is 0.271 e. The van der Waals surface area contributed by atoms with E-state index < -0.39 is 0 Å². The number of nitro benzene ring substituents is 1.